The van der Waals surface area contributed by atoms with Crippen LogP contribution < -0.4 is 10.1 Å². The number of hydrazone groups is 1. The smallest absolute Gasteiger partial charge is 0.271 e. The van der Waals surface area contributed by atoms with Crippen molar-refractivity contribution in [3.63, 3.8) is 0 Å². The highest BCUT2D eigenvalue weighted by Gasteiger charge is 2.21. The highest BCUT2D eigenvalue weighted by Crippen LogP contribution is 2.25. The van der Waals surface area contributed by atoms with E-state index in [4.69, 9.17) is 16.3 Å². The monoisotopic (exact) mass is 357 g/mol. The Morgan fingerprint density at radius 3 is 2.60 bits per heavy atom. The van der Waals surface area contributed by atoms with Crippen LogP contribution in [-0.2, 0) is 9.59 Å². The van der Waals surface area contributed by atoms with Gasteiger partial charge in [-0.05, 0) is 42.5 Å². The zero-order valence-corrected chi connectivity index (χ0v) is 14.3. The molecule has 2 aromatic carbocycles. The SMILES string of the molecule is CN1N=C(C(=O)Nc2ccc(Oc3cccc(Cl)c3)cc2)CCC1=O. The Balaban J connectivity index is 1.63. The van der Waals surface area contributed by atoms with Crippen molar-refractivity contribution in [1.29, 1.82) is 0 Å². The second kappa shape index (κ2) is 7.36. The fourth-order valence-corrected chi connectivity index (χ4v) is 2.49. The molecule has 0 saturated carbocycles. The quantitative estimate of drug-likeness (QED) is 0.907. The third-order valence-electron chi connectivity index (χ3n) is 3.61. The van der Waals surface area contributed by atoms with Crippen LogP contribution in [0.4, 0.5) is 5.69 Å². The van der Waals surface area contributed by atoms with Crippen LogP contribution in [0.2, 0.25) is 5.02 Å². The third kappa shape index (κ3) is 4.36. The first-order valence-electron chi connectivity index (χ1n) is 7.70. The minimum Gasteiger partial charge on any atom is -0.457 e. The van der Waals surface area contributed by atoms with Crippen molar-refractivity contribution in [3.8, 4) is 11.5 Å². The van der Waals surface area contributed by atoms with Gasteiger partial charge >= 0.3 is 0 Å². The van der Waals surface area contributed by atoms with E-state index in [0.29, 0.717) is 34.3 Å². The van der Waals surface area contributed by atoms with Gasteiger partial charge in [0.25, 0.3) is 5.91 Å². The summed E-state index contributed by atoms with van der Waals surface area (Å²) in [6.45, 7) is 0. The zero-order chi connectivity index (χ0) is 17.8. The molecule has 0 spiro atoms. The van der Waals surface area contributed by atoms with E-state index in [-0.39, 0.29) is 18.2 Å². The van der Waals surface area contributed by atoms with Crippen molar-refractivity contribution in [1.82, 2.24) is 5.01 Å². The molecule has 0 atom stereocenters. The van der Waals surface area contributed by atoms with E-state index < -0.39 is 0 Å². The minimum absolute atomic E-state index is 0.0981. The predicted molar refractivity (Wildman–Crippen MR) is 96.0 cm³/mol. The van der Waals surface area contributed by atoms with E-state index in [2.05, 4.69) is 10.4 Å². The summed E-state index contributed by atoms with van der Waals surface area (Å²) in [7, 11) is 1.54. The third-order valence-corrected chi connectivity index (χ3v) is 3.85. The second-order valence-electron chi connectivity index (χ2n) is 5.50. The zero-order valence-electron chi connectivity index (χ0n) is 13.5. The first kappa shape index (κ1) is 17.0. The summed E-state index contributed by atoms with van der Waals surface area (Å²) >= 11 is 5.92. The van der Waals surface area contributed by atoms with Crippen LogP contribution in [0.15, 0.2) is 53.6 Å². The Morgan fingerprint density at radius 1 is 1.16 bits per heavy atom. The Bertz CT molecular complexity index is 834. The second-order valence-corrected chi connectivity index (χ2v) is 5.94. The van der Waals surface area contributed by atoms with Gasteiger partial charge < -0.3 is 10.1 Å². The van der Waals surface area contributed by atoms with Crippen molar-refractivity contribution in [3.05, 3.63) is 53.6 Å². The molecule has 25 heavy (non-hydrogen) atoms. The van der Waals surface area contributed by atoms with Crippen LogP contribution in [0.25, 0.3) is 0 Å². The van der Waals surface area contributed by atoms with Gasteiger partial charge in [-0.25, -0.2) is 5.01 Å². The van der Waals surface area contributed by atoms with Crippen molar-refractivity contribution in [2.75, 3.05) is 12.4 Å². The number of amides is 2. The Kier molecular flexibility index (Phi) is 5.00. The number of anilines is 1. The molecule has 0 saturated heterocycles. The maximum Gasteiger partial charge on any atom is 0.271 e. The standard InChI is InChI=1S/C18H16ClN3O3/c1-22-17(23)10-9-16(21-22)18(24)20-13-5-7-14(8-6-13)25-15-4-2-3-12(19)11-15/h2-8,11H,9-10H2,1H3,(H,20,24). The first-order chi connectivity index (χ1) is 12.0. The number of hydrogen-bond donors (Lipinski definition) is 1. The van der Waals surface area contributed by atoms with Crippen LogP contribution in [0.3, 0.4) is 0 Å². The van der Waals surface area contributed by atoms with E-state index in [1.165, 1.54) is 12.1 Å². The van der Waals surface area contributed by atoms with Gasteiger partial charge in [-0.15, -0.1) is 0 Å². The van der Waals surface area contributed by atoms with Crippen LogP contribution in [-0.4, -0.2) is 29.6 Å². The first-order valence-corrected chi connectivity index (χ1v) is 8.08. The van der Waals surface area contributed by atoms with Crippen molar-refractivity contribution in [2.24, 2.45) is 5.10 Å². The largest absolute Gasteiger partial charge is 0.457 e. The molecule has 1 N–H and O–H groups in total. The number of halogens is 1. The molecule has 6 nitrogen and oxygen atoms in total. The molecule has 0 unspecified atom stereocenters. The van der Waals surface area contributed by atoms with Gasteiger partial charge in [0.1, 0.15) is 17.2 Å². The molecule has 2 aromatic rings. The maximum atomic E-state index is 12.2. The van der Waals surface area contributed by atoms with Crippen molar-refractivity contribution >= 4 is 34.8 Å². The van der Waals surface area contributed by atoms with E-state index in [1.54, 1.807) is 48.5 Å². The number of carbonyl (C=O) groups excluding carboxylic acids is 2. The lowest BCUT2D eigenvalue weighted by atomic mass is 10.1. The van der Waals surface area contributed by atoms with Crippen molar-refractivity contribution in [2.45, 2.75) is 12.8 Å². The minimum atomic E-state index is -0.317. The van der Waals surface area contributed by atoms with E-state index in [0.717, 1.165) is 0 Å². The number of nitrogens with one attached hydrogen (secondary N) is 1. The Hall–Kier alpha value is -2.86. The molecule has 1 aliphatic heterocycles. The molecule has 0 bridgehead atoms. The van der Waals surface area contributed by atoms with E-state index in [9.17, 15) is 9.59 Å². The molecule has 2 amide bonds. The number of nitrogens with zero attached hydrogens (tertiary/aromatic N) is 2. The van der Waals surface area contributed by atoms with Gasteiger partial charge in [0.15, 0.2) is 0 Å². The lowest BCUT2D eigenvalue weighted by Gasteiger charge is -2.18. The highest BCUT2D eigenvalue weighted by atomic mass is 35.5. The summed E-state index contributed by atoms with van der Waals surface area (Å²) in [6, 6.07) is 14.1. The predicted octanol–water partition coefficient (Wildman–Crippen LogP) is 3.68. The number of carbonyl (C=O) groups is 2. The highest BCUT2D eigenvalue weighted by molar-refractivity contribution is 6.43. The van der Waals surface area contributed by atoms with Crippen molar-refractivity contribution < 1.29 is 14.3 Å². The molecule has 0 aromatic heterocycles. The van der Waals surface area contributed by atoms with Gasteiger partial charge in [-0.2, -0.15) is 5.10 Å². The normalized spacial score (nSPS) is 14.1. The molecule has 0 fully saturated rings. The van der Waals surface area contributed by atoms with Crippen LogP contribution in [0, 0.1) is 0 Å². The summed E-state index contributed by atoms with van der Waals surface area (Å²) in [5.41, 5.74) is 0.951. The molecule has 1 heterocycles. The topological polar surface area (TPSA) is 71.0 Å². The van der Waals surface area contributed by atoms with Gasteiger partial charge in [-0.1, -0.05) is 17.7 Å². The fourth-order valence-electron chi connectivity index (χ4n) is 2.31. The molecule has 0 aliphatic carbocycles. The van der Waals surface area contributed by atoms with Gasteiger partial charge in [-0.3, -0.25) is 9.59 Å². The lowest BCUT2D eigenvalue weighted by molar-refractivity contribution is -0.130. The summed E-state index contributed by atoms with van der Waals surface area (Å²) < 4.78 is 5.70. The van der Waals surface area contributed by atoms with Crippen LogP contribution in [0.1, 0.15) is 12.8 Å². The van der Waals surface area contributed by atoms with Gasteiger partial charge in [0.2, 0.25) is 5.91 Å². The molecule has 128 valence electrons. The van der Waals surface area contributed by atoms with E-state index >= 15 is 0 Å². The summed E-state index contributed by atoms with van der Waals surface area (Å²) in [4.78, 5) is 23.6. The Morgan fingerprint density at radius 2 is 1.92 bits per heavy atom. The number of hydrogen-bond acceptors (Lipinski definition) is 4. The Labute approximate surface area is 150 Å². The van der Waals surface area contributed by atoms with Crippen LogP contribution in [0.5, 0.6) is 11.5 Å². The average Bonchev–Trinajstić information content (AvgIpc) is 2.59. The molecule has 7 heteroatoms. The number of ether oxygens (including phenoxy) is 1. The maximum absolute atomic E-state index is 12.2. The lowest BCUT2D eigenvalue weighted by Crippen LogP contribution is -2.34. The summed E-state index contributed by atoms with van der Waals surface area (Å²) in [6.07, 6.45) is 0.625. The van der Waals surface area contributed by atoms with Crippen LogP contribution >= 0.6 is 11.6 Å². The van der Waals surface area contributed by atoms with E-state index in [1.807, 2.05) is 0 Å². The molecule has 3 rings (SSSR count). The molecule has 0 radical (unpaired) electrons. The summed E-state index contributed by atoms with van der Waals surface area (Å²) in [5, 5.41) is 8.55. The van der Waals surface area contributed by atoms with Gasteiger partial charge in [0.05, 0.1) is 0 Å². The fraction of sp³-hybridized carbons (Fsp3) is 0.167. The molecular formula is C18H16ClN3O3. The molecular weight excluding hydrogens is 342 g/mol. The number of benzene rings is 2. The average molecular weight is 358 g/mol. The molecule has 1 aliphatic rings. The summed E-state index contributed by atoms with van der Waals surface area (Å²) in [5.74, 6) is 0.844. The van der Waals surface area contributed by atoms with Gasteiger partial charge in [0, 0.05) is 30.6 Å². The number of rotatable bonds is 4.